The largest absolute Gasteiger partial charge is 0.366 e. The van der Waals surface area contributed by atoms with Crippen molar-refractivity contribution in [2.24, 2.45) is 5.73 Å². The topological polar surface area (TPSA) is 92.1 Å². The Kier molecular flexibility index (Phi) is 4.94. The molecule has 6 nitrogen and oxygen atoms in total. The van der Waals surface area contributed by atoms with Crippen LogP contribution < -0.4 is 5.73 Å². The van der Waals surface area contributed by atoms with E-state index in [9.17, 15) is 9.59 Å². The summed E-state index contributed by atoms with van der Waals surface area (Å²) in [5.41, 5.74) is 7.84. The Hall–Kier alpha value is -2.67. The van der Waals surface area contributed by atoms with Gasteiger partial charge in [-0.05, 0) is 31.0 Å². The molecule has 1 aliphatic rings. The predicted octanol–water partition coefficient (Wildman–Crippen LogP) is 3.06. The van der Waals surface area contributed by atoms with Crippen LogP contribution in [-0.4, -0.2) is 39.8 Å². The molecular formula is C20H22N4O2S. The molecule has 1 saturated heterocycles. The molecule has 0 spiro atoms. The zero-order valence-corrected chi connectivity index (χ0v) is 15.8. The van der Waals surface area contributed by atoms with Crippen LogP contribution in [0.3, 0.4) is 0 Å². The Morgan fingerprint density at radius 1 is 1.30 bits per heavy atom. The van der Waals surface area contributed by atoms with Gasteiger partial charge in [-0.15, -0.1) is 11.3 Å². The number of nitrogens with zero attached hydrogens (tertiary/aromatic N) is 2. The van der Waals surface area contributed by atoms with Gasteiger partial charge in [-0.2, -0.15) is 0 Å². The summed E-state index contributed by atoms with van der Waals surface area (Å²) in [4.78, 5) is 34.0. The van der Waals surface area contributed by atoms with Crippen LogP contribution >= 0.6 is 11.3 Å². The van der Waals surface area contributed by atoms with E-state index in [1.807, 2.05) is 23.1 Å². The lowest BCUT2D eigenvalue weighted by Gasteiger charge is -2.33. The average molecular weight is 382 g/mol. The number of primary amides is 1. The van der Waals surface area contributed by atoms with Gasteiger partial charge in [0.1, 0.15) is 0 Å². The molecule has 2 aromatic heterocycles. The third-order valence-electron chi connectivity index (χ3n) is 5.12. The average Bonchev–Trinajstić information content (AvgIpc) is 3.33. The van der Waals surface area contributed by atoms with Crippen molar-refractivity contribution >= 4 is 33.4 Å². The van der Waals surface area contributed by atoms with Gasteiger partial charge in [-0.3, -0.25) is 9.59 Å². The number of carbonyl (C=O) groups excluding carboxylic acids is 2. The number of nitrogens with one attached hydrogen (secondary N) is 1. The lowest BCUT2D eigenvalue weighted by Crippen LogP contribution is -2.39. The van der Waals surface area contributed by atoms with Crippen molar-refractivity contribution in [2.75, 3.05) is 13.1 Å². The Morgan fingerprint density at radius 3 is 2.96 bits per heavy atom. The molecule has 140 valence electrons. The second-order valence-corrected chi connectivity index (χ2v) is 8.04. The summed E-state index contributed by atoms with van der Waals surface area (Å²) < 4.78 is 1.16. The highest BCUT2D eigenvalue weighted by Crippen LogP contribution is 2.29. The number of nitrogens with two attached hydrogens (primary N) is 1. The standard InChI is InChI=1S/C20H22N4O2S/c21-20(26)14-9-10-22-19(14)13-4-3-11-24(12-13)18(25)8-7-17-23-15-5-1-2-6-16(15)27-17/h1-2,5-6,9-10,13,22H,3-4,7-8,11-12H2,(H2,21,26). The van der Waals surface area contributed by atoms with Crippen molar-refractivity contribution in [3.05, 3.63) is 52.8 Å². The SMILES string of the molecule is NC(=O)c1cc[nH]c1C1CCCN(C(=O)CCc2nc3ccccc3s2)C1. The molecule has 1 atom stereocenters. The zero-order chi connectivity index (χ0) is 18.8. The Balaban J connectivity index is 1.39. The molecule has 1 aromatic carbocycles. The van der Waals surface area contributed by atoms with Crippen molar-refractivity contribution in [2.45, 2.75) is 31.6 Å². The molecule has 27 heavy (non-hydrogen) atoms. The van der Waals surface area contributed by atoms with E-state index in [-0.39, 0.29) is 11.8 Å². The Morgan fingerprint density at radius 2 is 2.15 bits per heavy atom. The van der Waals surface area contributed by atoms with Gasteiger partial charge in [-0.25, -0.2) is 4.98 Å². The van der Waals surface area contributed by atoms with E-state index >= 15 is 0 Å². The van der Waals surface area contributed by atoms with Crippen LogP contribution in [-0.2, 0) is 11.2 Å². The summed E-state index contributed by atoms with van der Waals surface area (Å²) in [7, 11) is 0. The van der Waals surface area contributed by atoms with Crippen molar-refractivity contribution in [1.82, 2.24) is 14.9 Å². The fraction of sp³-hybridized carbons (Fsp3) is 0.350. The smallest absolute Gasteiger partial charge is 0.250 e. The highest BCUT2D eigenvalue weighted by Gasteiger charge is 2.27. The number of aryl methyl sites for hydroxylation is 1. The molecule has 3 N–H and O–H groups in total. The number of hydrogen-bond donors (Lipinski definition) is 2. The molecule has 3 heterocycles. The number of thiazole rings is 1. The minimum atomic E-state index is -0.425. The minimum Gasteiger partial charge on any atom is -0.366 e. The lowest BCUT2D eigenvalue weighted by atomic mass is 9.92. The van der Waals surface area contributed by atoms with E-state index in [0.717, 1.165) is 40.3 Å². The monoisotopic (exact) mass is 382 g/mol. The van der Waals surface area contributed by atoms with Gasteiger partial charge in [0.15, 0.2) is 0 Å². The van der Waals surface area contributed by atoms with Crippen molar-refractivity contribution in [1.29, 1.82) is 0 Å². The molecule has 0 saturated carbocycles. The molecule has 0 bridgehead atoms. The molecule has 0 aliphatic carbocycles. The number of rotatable bonds is 5. The molecule has 1 aliphatic heterocycles. The molecule has 1 unspecified atom stereocenters. The van der Waals surface area contributed by atoms with Gasteiger partial charge in [0.05, 0.1) is 20.8 Å². The number of fused-ring (bicyclic) bond motifs is 1. The molecule has 7 heteroatoms. The van der Waals surface area contributed by atoms with Crippen LogP contribution in [0.25, 0.3) is 10.2 Å². The summed E-state index contributed by atoms with van der Waals surface area (Å²) in [6, 6.07) is 9.75. The molecule has 4 rings (SSSR count). The van der Waals surface area contributed by atoms with E-state index in [0.29, 0.717) is 24.9 Å². The van der Waals surface area contributed by atoms with Gasteiger partial charge in [0.25, 0.3) is 5.91 Å². The number of hydrogen-bond acceptors (Lipinski definition) is 4. The number of H-pyrrole nitrogens is 1. The molecule has 1 fully saturated rings. The summed E-state index contributed by atoms with van der Waals surface area (Å²) >= 11 is 1.65. The Labute approximate surface area is 161 Å². The van der Waals surface area contributed by atoms with Crippen molar-refractivity contribution in [3.8, 4) is 0 Å². The minimum absolute atomic E-state index is 0.127. The number of amides is 2. The predicted molar refractivity (Wildman–Crippen MR) is 106 cm³/mol. The first-order chi connectivity index (χ1) is 13.1. The zero-order valence-electron chi connectivity index (χ0n) is 15.0. The number of likely N-dealkylation sites (tertiary alicyclic amines) is 1. The number of aromatic amines is 1. The normalized spacial score (nSPS) is 17.3. The van der Waals surface area contributed by atoms with Crippen LogP contribution in [0.2, 0.25) is 0 Å². The number of para-hydroxylation sites is 1. The van der Waals surface area contributed by atoms with Gasteiger partial charge >= 0.3 is 0 Å². The Bertz CT molecular complexity index is 944. The van der Waals surface area contributed by atoms with E-state index in [1.165, 1.54) is 0 Å². The number of aromatic nitrogens is 2. The van der Waals surface area contributed by atoms with Crippen LogP contribution in [0.1, 0.15) is 46.2 Å². The summed E-state index contributed by atoms with van der Waals surface area (Å²) in [6.07, 6.45) is 4.73. The maximum Gasteiger partial charge on any atom is 0.250 e. The van der Waals surface area contributed by atoms with Crippen LogP contribution in [0, 0.1) is 0 Å². The second kappa shape index (κ2) is 7.52. The van der Waals surface area contributed by atoms with Crippen molar-refractivity contribution in [3.63, 3.8) is 0 Å². The summed E-state index contributed by atoms with van der Waals surface area (Å²) in [5.74, 6) is -0.153. The second-order valence-electron chi connectivity index (χ2n) is 6.92. The summed E-state index contributed by atoms with van der Waals surface area (Å²) in [5, 5.41) is 0.999. The number of carbonyl (C=O) groups is 2. The van der Waals surface area contributed by atoms with Gasteiger partial charge in [0, 0.05) is 43.7 Å². The molecule has 0 radical (unpaired) electrons. The highest BCUT2D eigenvalue weighted by molar-refractivity contribution is 7.18. The maximum absolute atomic E-state index is 12.7. The van der Waals surface area contributed by atoms with E-state index < -0.39 is 5.91 Å². The van der Waals surface area contributed by atoms with E-state index in [1.54, 1.807) is 23.6 Å². The van der Waals surface area contributed by atoms with Crippen LogP contribution in [0.5, 0.6) is 0 Å². The first kappa shape index (κ1) is 17.7. The third-order valence-corrected chi connectivity index (χ3v) is 6.21. The number of benzene rings is 1. The van der Waals surface area contributed by atoms with Gasteiger partial charge in [0.2, 0.25) is 5.91 Å². The quantitative estimate of drug-likeness (QED) is 0.710. The van der Waals surface area contributed by atoms with Gasteiger partial charge in [-0.1, -0.05) is 12.1 Å². The maximum atomic E-state index is 12.7. The van der Waals surface area contributed by atoms with E-state index in [4.69, 9.17) is 5.73 Å². The fourth-order valence-corrected chi connectivity index (χ4v) is 4.74. The molecule has 2 amide bonds. The van der Waals surface area contributed by atoms with Gasteiger partial charge < -0.3 is 15.6 Å². The van der Waals surface area contributed by atoms with Crippen molar-refractivity contribution < 1.29 is 9.59 Å². The van der Waals surface area contributed by atoms with Crippen LogP contribution in [0.15, 0.2) is 36.5 Å². The number of piperidine rings is 1. The van der Waals surface area contributed by atoms with E-state index in [2.05, 4.69) is 16.0 Å². The fourth-order valence-electron chi connectivity index (χ4n) is 3.77. The molecular weight excluding hydrogens is 360 g/mol. The molecule has 3 aromatic rings. The summed E-state index contributed by atoms with van der Waals surface area (Å²) in [6.45, 7) is 1.39. The van der Waals surface area contributed by atoms with Crippen LogP contribution in [0.4, 0.5) is 0 Å². The first-order valence-corrected chi connectivity index (χ1v) is 10.0. The lowest BCUT2D eigenvalue weighted by molar-refractivity contribution is -0.132. The first-order valence-electron chi connectivity index (χ1n) is 9.21. The third kappa shape index (κ3) is 3.73. The highest BCUT2D eigenvalue weighted by atomic mass is 32.1.